The summed E-state index contributed by atoms with van der Waals surface area (Å²) in [6, 6.07) is 43.0. The van der Waals surface area contributed by atoms with Gasteiger partial charge in [-0.15, -0.1) is 44.8 Å². The van der Waals surface area contributed by atoms with Gasteiger partial charge in [-0.05, 0) is 64.1 Å². The van der Waals surface area contributed by atoms with E-state index in [1.165, 1.54) is 77.1 Å². The van der Waals surface area contributed by atoms with Crippen molar-refractivity contribution in [1.29, 1.82) is 0 Å². The first-order chi connectivity index (χ1) is 31.1. The molecule has 10 aromatic rings. The summed E-state index contributed by atoms with van der Waals surface area (Å²) in [5, 5.41) is 16.1. The third-order valence-electron chi connectivity index (χ3n) is 12.7. The molecule has 1 radical (unpaired) electrons. The minimum absolute atomic E-state index is 0. The van der Waals surface area contributed by atoms with Gasteiger partial charge in [0.05, 0.1) is 41.9 Å². The van der Waals surface area contributed by atoms with Gasteiger partial charge in [-0.1, -0.05) is 134 Å². The Morgan fingerprint density at radius 2 is 1.14 bits per heavy atom. The van der Waals surface area contributed by atoms with Crippen molar-refractivity contribution in [2.24, 2.45) is 14.1 Å². The average Bonchev–Trinajstić information content (AvgIpc) is 4.09. The predicted octanol–water partition coefficient (Wildman–Crippen LogP) is 9.62. The van der Waals surface area contributed by atoms with Crippen LogP contribution in [-0.4, -0.2) is 24.4 Å². The first-order valence-corrected chi connectivity index (χ1v) is 21.3. The number of fused-ring (bicyclic) bond motifs is 2. The Bertz CT molecular complexity index is 3380. The molecule has 0 bridgehead atoms. The van der Waals surface area contributed by atoms with E-state index in [0.717, 1.165) is 53.8 Å². The number of aromatic nitrogens is 8. The summed E-state index contributed by atoms with van der Waals surface area (Å²) < 4.78 is 8.41. The zero-order valence-electron chi connectivity index (χ0n) is 35.2. The fraction of sp³-hybridized carbons (Fsp3) is 0.109. The molecule has 0 N–H and O–H groups in total. The maximum absolute atomic E-state index is 4.08. The van der Waals surface area contributed by atoms with Crippen molar-refractivity contribution in [2.45, 2.75) is 25.7 Å². The van der Waals surface area contributed by atoms with Crippen LogP contribution in [0.3, 0.4) is 0 Å². The number of pyridine rings is 1. The molecule has 4 aliphatic carbocycles. The zero-order chi connectivity index (χ0) is 42.0. The molecule has 311 valence electrons. The van der Waals surface area contributed by atoms with Crippen LogP contribution < -0.4 is 14.2 Å². The van der Waals surface area contributed by atoms with Gasteiger partial charge in [0.2, 0.25) is 12.7 Å². The van der Waals surface area contributed by atoms with Crippen LogP contribution in [0.5, 0.6) is 0 Å². The van der Waals surface area contributed by atoms with Gasteiger partial charge in [0, 0.05) is 26.3 Å². The molecule has 0 amide bonds. The zero-order valence-corrected chi connectivity index (χ0v) is 37.6. The molecule has 4 aromatic heterocycles. The topological polar surface area (TPSA) is 70.4 Å². The summed E-state index contributed by atoms with van der Waals surface area (Å²) >= 11 is 0. The Morgan fingerprint density at radius 3 is 1.64 bits per heavy atom. The number of imidazole rings is 2. The second-order valence-electron chi connectivity index (χ2n) is 16.3. The van der Waals surface area contributed by atoms with Gasteiger partial charge in [-0.2, -0.15) is 24.3 Å². The number of allylic oxidation sites excluding steroid dienone is 6. The average molecular weight is 1000 g/mol. The molecule has 64 heavy (non-hydrogen) atoms. The van der Waals surface area contributed by atoms with E-state index in [1.54, 1.807) is 12.4 Å². The normalized spacial score (nSPS) is 13.8. The molecular formula is C55H39IrN8-3. The maximum Gasteiger partial charge on any atom is 0.242 e. The predicted molar refractivity (Wildman–Crippen MR) is 249 cm³/mol. The van der Waals surface area contributed by atoms with Crippen LogP contribution in [0.25, 0.3) is 89.7 Å². The van der Waals surface area contributed by atoms with Crippen molar-refractivity contribution in [3.8, 4) is 22.8 Å². The van der Waals surface area contributed by atoms with Crippen molar-refractivity contribution in [2.75, 3.05) is 0 Å². The first-order valence-electron chi connectivity index (χ1n) is 21.3. The van der Waals surface area contributed by atoms with Crippen molar-refractivity contribution < 1.29 is 29.2 Å². The number of hydrogen-bond acceptors (Lipinski definition) is 3. The Hall–Kier alpha value is -7.32. The molecule has 14 rings (SSSR count). The number of nitrogens with zero attached hydrogens (tertiary/aromatic N) is 8. The fourth-order valence-corrected chi connectivity index (χ4v) is 9.78. The van der Waals surface area contributed by atoms with Crippen LogP contribution >= 0.6 is 0 Å². The molecule has 0 unspecified atom stereocenters. The van der Waals surface area contributed by atoms with Crippen molar-refractivity contribution in [3.05, 3.63) is 198 Å². The van der Waals surface area contributed by atoms with Gasteiger partial charge < -0.3 is 28.5 Å². The molecule has 9 heteroatoms. The largest absolute Gasteiger partial charge is 0.358 e. The van der Waals surface area contributed by atoms with E-state index in [0.29, 0.717) is 5.69 Å². The van der Waals surface area contributed by atoms with Gasteiger partial charge in [-0.25, -0.2) is 0 Å². The van der Waals surface area contributed by atoms with Crippen LogP contribution in [0, 0.1) is 24.8 Å². The van der Waals surface area contributed by atoms with E-state index in [9.17, 15) is 0 Å². The smallest absolute Gasteiger partial charge is 0.242 e. The second-order valence-corrected chi connectivity index (χ2v) is 16.3. The van der Waals surface area contributed by atoms with Gasteiger partial charge in [0.25, 0.3) is 0 Å². The molecule has 4 aliphatic rings. The summed E-state index contributed by atoms with van der Waals surface area (Å²) in [5.74, 6) is 0. The van der Waals surface area contributed by atoms with Gasteiger partial charge in [0.15, 0.2) is 0 Å². The van der Waals surface area contributed by atoms with Crippen LogP contribution in [0.1, 0.15) is 46.2 Å². The summed E-state index contributed by atoms with van der Waals surface area (Å²) in [4.78, 5) is 4.08. The second kappa shape index (κ2) is 16.1. The Kier molecular flexibility index (Phi) is 9.94. The van der Waals surface area contributed by atoms with Gasteiger partial charge in [0.1, 0.15) is 0 Å². The molecule has 6 aromatic carbocycles. The van der Waals surface area contributed by atoms with E-state index in [1.807, 2.05) is 32.3 Å². The Labute approximate surface area is 384 Å². The third-order valence-corrected chi connectivity index (χ3v) is 12.7. The van der Waals surface area contributed by atoms with Crippen LogP contribution in [-0.2, 0) is 47.0 Å². The molecule has 0 saturated carbocycles. The van der Waals surface area contributed by atoms with Gasteiger partial charge in [-0.3, -0.25) is 10.2 Å². The SMILES string of the molecule is C[n+]1[c-]n(-c2[c-]cc3c4c5c(ccc24)C=CCC5=CC3)c2ccccc21.C[n+]1[c-]n(-c2[c-]cc3c4c5c(ccc24)C=CCC5=CC3)c2ccccc21.[Ir].c1ccc(-c2cnn[n-]2)nc1. The minimum Gasteiger partial charge on any atom is -0.358 e. The van der Waals surface area contributed by atoms with E-state index >= 15 is 0 Å². The molecular weight excluding hydrogens is 965 g/mol. The van der Waals surface area contributed by atoms with E-state index in [2.05, 4.69) is 185 Å². The van der Waals surface area contributed by atoms with E-state index in [4.69, 9.17) is 0 Å². The van der Waals surface area contributed by atoms with Crippen molar-refractivity contribution in [3.63, 3.8) is 0 Å². The first kappa shape index (κ1) is 39.5. The summed E-state index contributed by atoms with van der Waals surface area (Å²) in [5.41, 5.74) is 19.5. The molecule has 4 heterocycles. The van der Waals surface area contributed by atoms with Gasteiger partial charge >= 0.3 is 0 Å². The summed E-state index contributed by atoms with van der Waals surface area (Å²) in [7, 11) is 4.10. The van der Waals surface area contributed by atoms with Crippen molar-refractivity contribution in [1.82, 2.24) is 29.5 Å². The molecule has 0 saturated heterocycles. The third kappa shape index (κ3) is 6.50. The minimum atomic E-state index is 0. The number of aryl methyl sites for hydroxylation is 2. The summed E-state index contributed by atoms with van der Waals surface area (Å²) in [6.45, 7) is 0. The molecule has 8 nitrogen and oxygen atoms in total. The Balaban J connectivity index is 0.000000115. The number of para-hydroxylation sites is 4. The number of benzene rings is 6. The Morgan fingerprint density at radius 1 is 0.609 bits per heavy atom. The van der Waals surface area contributed by atoms with Crippen LogP contribution in [0.2, 0.25) is 0 Å². The molecule has 0 fully saturated rings. The number of rotatable bonds is 3. The monoisotopic (exact) mass is 1000 g/mol. The maximum atomic E-state index is 4.08. The fourth-order valence-electron chi connectivity index (χ4n) is 9.78. The number of hydrogen-bond donors (Lipinski definition) is 0. The van der Waals surface area contributed by atoms with Crippen LogP contribution in [0.15, 0.2) is 140 Å². The van der Waals surface area contributed by atoms with Crippen molar-refractivity contribution >= 4 is 66.9 Å². The van der Waals surface area contributed by atoms with E-state index < -0.39 is 0 Å². The standard InChI is InChI=1S/2C24H17N2.C7H5N4.Ir/c2*1-25-15-26(22-8-3-2-7-21(22)25)20-14-12-18-10-9-16-5-4-6-17-11-13-19(20)24(18)23(16)17;1-2-4-8-6(3-1)7-5-9-11-10-7;/h2*2-4,6-9,11-13H,5,10H2,1H3;1-5H;/q3*-1;. The van der Waals surface area contributed by atoms with Crippen LogP contribution in [0.4, 0.5) is 0 Å². The molecule has 0 atom stereocenters. The molecule has 0 spiro atoms. The molecule has 0 aliphatic heterocycles. The van der Waals surface area contributed by atoms with E-state index in [-0.39, 0.29) is 20.1 Å². The quantitative estimate of drug-likeness (QED) is 0.131. The summed E-state index contributed by atoms with van der Waals surface area (Å²) in [6.07, 6.45) is 28.1.